The summed E-state index contributed by atoms with van der Waals surface area (Å²) in [7, 11) is 4.63. The molecule has 7 nitrogen and oxygen atoms in total. The highest BCUT2D eigenvalue weighted by Gasteiger charge is 2.27. The van der Waals surface area contributed by atoms with Crippen molar-refractivity contribution in [3.8, 4) is 11.5 Å². The Morgan fingerprint density at radius 2 is 2.08 bits per heavy atom. The van der Waals surface area contributed by atoms with E-state index in [1.807, 2.05) is 0 Å². The number of carbonyl (C=O) groups is 2. The van der Waals surface area contributed by atoms with Gasteiger partial charge in [0.25, 0.3) is 0 Å². The molecule has 1 aromatic carbocycles. The van der Waals surface area contributed by atoms with E-state index in [2.05, 4.69) is 10.2 Å². The van der Waals surface area contributed by atoms with Gasteiger partial charge in [0, 0.05) is 31.8 Å². The molecule has 1 heterocycles. The monoisotopic (exact) mass is 336 g/mol. The van der Waals surface area contributed by atoms with Crippen LogP contribution in [0.5, 0.6) is 11.5 Å². The van der Waals surface area contributed by atoms with Gasteiger partial charge in [-0.15, -0.1) is 0 Å². The largest absolute Gasteiger partial charge is 0.497 e. The number of rotatable bonds is 6. The Balaban J connectivity index is 2.27. The molecule has 24 heavy (non-hydrogen) atoms. The second-order valence-electron chi connectivity index (χ2n) is 5.85. The van der Waals surface area contributed by atoms with Crippen LogP contribution in [-0.4, -0.2) is 56.2 Å². The van der Waals surface area contributed by atoms with Crippen LogP contribution in [0.3, 0.4) is 0 Å². The number of aromatic carboxylic acids is 1. The number of hydrogen-bond acceptors (Lipinski definition) is 5. The quantitative estimate of drug-likeness (QED) is 0.815. The van der Waals surface area contributed by atoms with Crippen LogP contribution >= 0.6 is 0 Å². The third kappa shape index (κ3) is 3.97. The number of benzene rings is 1. The molecule has 0 radical (unpaired) electrons. The molecule has 0 saturated carbocycles. The van der Waals surface area contributed by atoms with E-state index in [1.54, 1.807) is 13.1 Å². The first-order chi connectivity index (χ1) is 11.5. The summed E-state index contributed by atoms with van der Waals surface area (Å²) in [6, 6.07) is 3.18. The van der Waals surface area contributed by atoms with E-state index in [1.165, 1.54) is 20.3 Å². The van der Waals surface area contributed by atoms with Gasteiger partial charge in [0.05, 0.1) is 25.7 Å². The highest BCUT2D eigenvalue weighted by atomic mass is 16.5. The second-order valence-corrected chi connectivity index (χ2v) is 5.85. The SMILES string of the molecule is CNC(=O)[C@@H]1CCCN(Cc2c(OC)cc(OC)cc2C(=O)O)C1. The summed E-state index contributed by atoms with van der Waals surface area (Å²) in [5, 5.41) is 12.2. The second kappa shape index (κ2) is 8.01. The number of carboxylic acids is 1. The minimum atomic E-state index is -1.03. The third-order valence-corrected chi connectivity index (χ3v) is 4.37. The van der Waals surface area contributed by atoms with Crippen LogP contribution in [0.15, 0.2) is 12.1 Å². The topological polar surface area (TPSA) is 88.1 Å². The van der Waals surface area contributed by atoms with E-state index in [0.29, 0.717) is 30.2 Å². The van der Waals surface area contributed by atoms with Crippen molar-refractivity contribution in [1.29, 1.82) is 0 Å². The van der Waals surface area contributed by atoms with Crippen LogP contribution in [0.1, 0.15) is 28.8 Å². The minimum Gasteiger partial charge on any atom is -0.497 e. The molecule has 1 saturated heterocycles. The molecule has 1 aliphatic heterocycles. The van der Waals surface area contributed by atoms with Gasteiger partial charge in [0.2, 0.25) is 5.91 Å². The molecule has 0 aromatic heterocycles. The smallest absolute Gasteiger partial charge is 0.336 e. The fraction of sp³-hybridized carbons (Fsp3) is 0.529. The number of carbonyl (C=O) groups excluding carboxylic acids is 1. The van der Waals surface area contributed by atoms with Gasteiger partial charge in [0.15, 0.2) is 0 Å². The average molecular weight is 336 g/mol. The van der Waals surface area contributed by atoms with Gasteiger partial charge in [-0.1, -0.05) is 0 Å². The van der Waals surface area contributed by atoms with Gasteiger partial charge in [-0.05, 0) is 25.5 Å². The molecule has 0 bridgehead atoms. The van der Waals surface area contributed by atoms with Crippen molar-refractivity contribution in [2.45, 2.75) is 19.4 Å². The van der Waals surface area contributed by atoms with Crippen LogP contribution in [0.25, 0.3) is 0 Å². The van der Waals surface area contributed by atoms with Crippen LogP contribution in [0.2, 0.25) is 0 Å². The predicted molar refractivity (Wildman–Crippen MR) is 88.6 cm³/mol. The standard InChI is InChI=1S/C17H24N2O5/c1-18-16(20)11-5-4-6-19(9-11)10-14-13(17(21)22)7-12(23-2)8-15(14)24-3/h7-8,11H,4-6,9-10H2,1-3H3,(H,18,20)(H,21,22)/t11-/m1/s1. The zero-order chi connectivity index (χ0) is 17.7. The van der Waals surface area contributed by atoms with E-state index in [4.69, 9.17) is 9.47 Å². The van der Waals surface area contributed by atoms with Crippen molar-refractivity contribution in [2.75, 3.05) is 34.4 Å². The molecular weight excluding hydrogens is 312 g/mol. The molecule has 1 aliphatic rings. The van der Waals surface area contributed by atoms with Crippen molar-refractivity contribution in [1.82, 2.24) is 10.2 Å². The first kappa shape index (κ1) is 18.1. The molecule has 2 N–H and O–H groups in total. The number of carboxylic acid groups (broad SMARTS) is 1. The van der Waals surface area contributed by atoms with E-state index in [-0.39, 0.29) is 17.4 Å². The Morgan fingerprint density at radius 1 is 1.33 bits per heavy atom. The number of methoxy groups -OCH3 is 2. The Hall–Kier alpha value is -2.28. The van der Waals surface area contributed by atoms with E-state index in [9.17, 15) is 14.7 Å². The fourth-order valence-electron chi connectivity index (χ4n) is 3.11. The highest BCUT2D eigenvalue weighted by Crippen LogP contribution is 2.31. The first-order valence-corrected chi connectivity index (χ1v) is 7.92. The van der Waals surface area contributed by atoms with Crippen LogP contribution in [0, 0.1) is 5.92 Å². The lowest BCUT2D eigenvalue weighted by Crippen LogP contribution is -2.41. The molecule has 2 rings (SSSR count). The predicted octanol–water partition coefficient (Wildman–Crippen LogP) is 1.36. The van der Waals surface area contributed by atoms with E-state index in [0.717, 1.165) is 19.4 Å². The highest BCUT2D eigenvalue weighted by molar-refractivity contribution is 5.91. The van der Waals surface area contributed by atoms with Crippen LogP contribution in [0.4, 0.5) is 0 Å². The summed E-state index contributed by atoms with van der Waals surface area (Å²) in [6.45, 7) is 1.85. The molecule has 1 atom stereocenters. The number of piperidine rings is 1. The normalized spacial score (nSPS) is 18.0. The van der Waals surface area contributed by atoms with Crippen LogP contribution in [-0.2, 0) is 11.3 Å². The maximum atomic E-state index is 11.9. The Kier molecular flexibility index (Phi) is 6.03. The summed E-state index contributed by atoms with van der Waals surface area (Å²) in [5.41, 5.74) is 0.761. The van der Waals surface area contributed by atoms with Gasteiger partial charge in [-0.25, -0.2) is 4.79 Å². The number of ether oxygens (including phenoxy) is 2. The summed E-state index contributed by atoms with van der Waals surface area (Å²) in [5.74, 6) is -0.146. The van der Waals surface area contributed by atoms with Crippen molar-refractivity contribution < 1.29 is 24.2 Å². The molecule has 0 unspecified atom stereocenters. The van der Waals surface area contributed by atoms with Gasteiger partial charge in [-0.2, -0.15) is 0 Å². The maximum Gasteiger partial charge on any atom is 0.336 e. The fourth-order valence-corrected chi connectivity index (χ4v) is 3.11. The Labute approximate surface area is 141 Å². The van der Waals surface area contributed by atoms with Crippen molar-refractivity contribution in [2.24, 2.45) is 5.92 Å². The molecular formula is C17H24N2O5. The minimum absolute atomic E-state index is 0.0276. The average Bonchev–Trinajstić information content (AvgIpc) is 2.61. The number of hydrogen-bond donors (Lipinski definition) is 2. The van der Waals surface area contributed by atoms with Crippen molar-refractivity contribution >= 4 is 11.9 Å². The summed E-state index contributed by atoms with van der Waals surface area (Å²) in [6.07, 6.45) is 1.75. The zero-order valence-electron chi connectivity index (χ0n) is 14.3. The molecule has 1 aromatic rings. The lowest BCUT2D eigenvalue weighted by Gasteiger charge is -2.32. The van der Waals surface area contributed by atoms with Gasteiger partial charge in [-0.3, -0.25) is 9.69 Å². The lowest BCUT2D eigenvalue weighted by atomic mass is 9.96. The van der Waals surface area contributed by atoms with Crippen molar-refractivity contribution in [3.63, 3.8) is 0 Å². The molecule has 7 heteroatoms. The third-order valence-electron chi connectivity index (χ3n) is 4.37. The molecule has 132 valence electrons. The number of nitrogens with zero attached hydrogens (tertiary/aromatic N) is 1. The Morgan fingerprint density at radius 3 is 2.67 bits per heavy atom. The van der Waals surface area contributed by atoms with Crippen molar-refractivity contribution in [3.05, 3.63) is 23.3 Å². The molecule has 1 fully saturated rings. The molecule has 1 amide bonds. The molecule has 0 aliphatic carbocycles. The van der Waals surface area contributed by atoms with E-state index >= 15 is 0 Å². The number of nitrogens with one attached hydrogen (secondary N) is 1. The Bertz CT molecular complexity index is 617. The van der Waals surface area contributed by atoms with E-state index < -0.39 is 5.97 Å². The maximum absolute atomic E-state index is 11.9. The number of likely N-dealkylation sites (tertiary alicyclic amines) is 1. The summed E-state index contributed by atoms with van der Waals surface area (Å²) >= 11 is 0. The number of amides is 1. The first-order valence-electron chi connectivity index (χ1n) is 7.92. The van der Waals surface area contributed by atoms with Gasteiger partial charge < -0.3 is 19.9 Å². The molecule has 0 spiro atoms. The lowest BCUT2D eigenvalue weighted by molar-refractivity contribution is -0.126. The zero-order valence-corrected chi connectivity index (χ0v) is 14.3. The summed E-state index contributed by atoms with van der Waals surface area (Å²) < 4.78 is 10.5. The van der Waals surface area contributed by atoms with Crippen LogP contribution < -0.4 is 14.8 Å². The van der Waals surface area contributed by atoms with Gasteiger partial charge >= 0.3 is 5.97 Å². The summed E-state index contributed by atoms with van der Waals surface area (Å²) in [4.78, 5) is 25.6. The van der Waals surface area contributed by atoms with Gasteiger partial charge in [0.1, 0.15) is 11.5 Å².